The van der Waals surface area contributed by atoms with E-state index in [0.717, 1.165) is 0 Å². The monoisotopic (exact) mass is 183 g/mol. The van der Waals surface area contributed by atoms with Crippen molar-refractivity contribution in [2.75, 3.05) is 18.9 Å². The molecule has 0 bridgehead atoms. The van der Waals surface area contributed by atoms with Crippen molar-refractivity contribution >= 4 is 10.0 Å². The van der Waals surface area contributed by atoms with Gasteiger partial charge in [0.2, 0.25) is 10.0 Å². The van der Waals surface area contributed by atoms with Gasteiger partial charge in [-0.25, -0.2) is 13.1 Å². The molecule has 11 heavy (non-hydrogen) atoms. The molecule has 0 heterocycles. The maximum absolute atomic E-state index is 10.5. The summed E-state index contributed by atoms with van der Waals surface area (Å²) in [6.07, 6.45) is 0. The number of nitrogens with one attached hydrogen (secondary N) is 1. The fourth-order valence-electron chi connectivity index (χ4n) is 0.303. The zero-order chi connectivity index (χ0) is 9.33. The minimum Gasteiger partial charge on any atom is -0.395 e. The second-order valence-corrected chi connectivity index (χ2v) is 3.62. The molecule has 0 fully saturated rings. The maximum atomic E-state index is 10.5. The van der Waals surface area contributed by atoms with E-state index in [1.54, 1.807) is 6.92 Å². The van der Waals surface area contributed by atoms with Crippen molar-refractivity contribution in [2.24, 2.45) is 0 Å². The fraction of sp³-hybridized carbons (Fsp3) is 1.00. The summed E-state index contributed by atoms with van der Waals surface area (Å²) in [6, 6.07) is 0. The van der Waals surface area contributed by atoms with Crippen LogP contribution in [0.4, 0.5) is 0 Å². The standard InChI is InChI=1S/C4H11NO3S.C2H6/c1-2-9(7,8)5-3-4-6;1-2/h5-6H,2-4H2,1H3;1-2H3. The van der Waals surface area contributed by atoms with E-state index in [0.29, 0.717) is 0 Å². The van der Waals surface area contributed by atoms with E-state index in [9.17, 15) is 8.42 Å². The highest BCUT2D eigenvalue weighted by atomic mass is 32.2. The lowest BCUT2D eigenvalue weighted by Crippen LogP contribution is -2.27. The molecule has 0 rings (SSSR count). The Morgan fingerprint density at radius 1 is 1.36 bits per heavy atom. The molecular formula is C6H17NO3S. The van der Waals surface area contributed by atoms with Gasteiger partial charge in [-0.15, -0.1) is 0 Å². The van der Waals surface area contributed by atoms with Crippen LogP contribution in [0.3, 0.4) is 0 Å². The van der Waals surface area contributed by atoms with Crippen LogP contribution in [0.2, 0.25) is 0 Å². The first-order valence-electron chi connectivity index (χ1n) is 3.70. The molecule has 0 unspecified atom stereocenters. The summed E-state index contributed by atoms with van der Waals surface area (Å²) in [4.78, 5) is 0. The average Bonchev–Trinajstić information content (AvgIpc) is 2.05. The van der Waals surface area contributed by atoms with Gasteiger partial charge in [-0.1, -0.05) is 13.8 Å². The van der Waals surface area contributed by atoms with Crippen molar-refractivity contribution in [1.82, 2.24) is 4.72 Å². The van der Waals surface area contributed by atoms with Crippen molar-refractivity contribution in [3.05, 3.63) is 0 Å². The Morgan fingerprint density at radius 3 is 2.09 bits per heavy atom. The van der Waals surface area contributed by atoms with Crippen LogP contribution in [0, 0.1) is 0 Å². The molecule has 0 atom stereocenters. The normalized spacial score (nSPS) is 10.2. The van der Waals surface area contributed by atoms with E-state index in [2.05, 4.69) is 4.72 Å². The van der Waals surface area contributed by atoms with Gasteiger partial charge in [0.1, 0.15) is 0 Å². The lowest BCUT2D eigenvalue weighted by atomic mass is 10.8. The smallest absolute Gasteiger partial charge is 0.211 e. The van der Waals surface area contributed by atoms with Gasteiger partial charge in [-0.2, -0.15) is 0 Å². The third kappa shape index (κ3) is 9.87. The zero-order valence-electron chi connectivity index (χ0n) is 7.29. The number of sulfonamides is 1. The van der Waals surface area contributed by atoms with Gasteiger partial charge < -0.3 is 5.11 Å². The number of aliphatic hydroxyl groups excluding tert-OH is 1. The summed E-state index contributed by atoms with van der Waals surface area (Å²) in [6.45, 7) is 5.50. The lowest BCUT2D eigenvalue weighted by molar-refractivity contribution is 0.301. The third-order valence-corrected chi connectivity index (χ3v) is 2.22. The molecule has 0 saturated carbocycles. The highest BCUT2D eigenvalue weighted by molar-refractivity contribution is 7.89. The Balaban J connectivity index is 0. The van der Waals surface area contributed by atoms with E-state index in [1.165, 1.54) is 0 Å². The largest absolute Gasteiger partial charge is 0.395 e. The topological polar surface area (TPSA) is 66.4 Å². The Kier molecular flexibility index (Phi) is 9.75. The van der Waals surface area contributed by atoms with Crippen molar-refractivity contribution in [1.29, 1.82) is 0 Å². The summed E-state index contributed by atoms with van der Waals surface area (Å²) in [5.41, 5.74) is 0. The van der Waals surface area contributed by atoms with Crippen molar-refractivity contribution in [3.8, 4) is 0 Å². The molecule has 0 spiro atoms. The van der Waals surface area contributed by atoms with Crippen molar-refractivity contribution < 1.29 is 13.5 Å². The summed E-state index contributed by atoms with van der Waals surface area (Å²) >= 11 is 0. The number of aliphatic hydroxyl groups is 1. The predicted molar refractivity (Wildman–Crippen MR) is 45.9 cm³/mol. The molecule has 0 aromatic rings. The van der Waals surface area contributed by atoms with Gasteiger partial charge in [0.25, 0.3) is 0 Å². The van der Waals surface area contributed by atoms with Crippen LogP contribution in [-0.2, 0) is 10.0 Å². The van der Waals surface area contributed by atoms with E-state index in [1.807, 2.05) is 13.8 Å². The minimum absolute atomic E-state index is 0.0625. The van der Waals surface area contributed by atoms with E-state index >= 15 is 0 Å². The zero-order valence-corrected chi connectivity index (χ0v) is 8.11. The first kappa shape index (κ1) is 13.5. The Labute approximate surface area is 68.7 Å². The van der Waals surface area contributed by atoms with Gasteiger partial charge >= 0.3 is 0 Å². The van der Waals surface area contributed by atoms with Crippen molar-refractivity contribution in [3.63, 3.8) is 0 Å². The molecule has 5 heteroatoms. The molecule has 2 N–H and O–H groups in total. The van der Waals surface area contributed by atoms with Crippen molar-refractivity contribution in [2.45, 2.75) is 20.8 Å². The van der Waals surface area contributed by atoms with E-state index in [4.69, 9.17) is 5.11 Å². The summed E-state index contributed by atoms with van der Waals surface area (Å²) < 4.78 is 23.3. The first-order chi connectivity index (χ1) is 5.12. The molecule has 0 aliphatic heterocycles. The second-order valence-electron chi connectivity index (χ2n) is 1.52. The number of hydrogen-bond acceptors (Lipinski definition) is 3. The molecular weight excluding hydrogens is 166 g/mol. The van der Waals surface area contributed by atoms with Crippen LogP contribution in [0.1, 0.15) is 20.8 Å². The minimum atomic E-state index is -3.09. The molecule has 0 radical (unpaired) electrons. The molecule has 70 valence electrons. The van der Waals surface area contributed by atoms with Gasteiger partial charge in [0, 0.05) is 6.54 Å². The second kappa shape index (κ2) is 7.97. The first-order valence-corrected chi connectivity index (χ1v) is 5.36. The van der Waals surface area contributed by atoms with Gasteiger partial charge in [-0.3, -0.25) is 0 Å². The number of hydrogen-bond donors (Lipinski definition) is 2. The van der Waals surface area contributed by atoms with E-state index in [-0.39, 0.29) is 18.9 Å². The average molecular weight is 183 g/mol. The Hall–Kier alpha value is -0.130. The quantitative estimate of drug-likeness (QED) is 0.642. The van der Waals surface area contributed by atoms with Crippen LogP contribution in [0.15, 0.2) is 0 Å². The molecule has 0 aliphatic carbocycles. The summed E-state index contributed by atoms with van der Waals surface area (Å²) in [5, 5.41) is 8.20. The fourth-order valence-corrected chi connectivity index (χ4v) is 0.910. The van der Waals surface area contributed by atoms with Crippen LogP contribution < -0.4 is 4.72 Å². The maximum Gasteiger partial charge on any atom is 0.211 e. The summed E-state index contributed by atoms with van der Waals surface area (Å²) in [7, 11) is -3.09. The van der Waals surface area contributed by atoms with Gasteiger partial charge in [0.05, 0.1) is 12.4 Å². The SMILES string of the molecule is CC.CCS(=O)(=O)NCCO. The molecule has 0 aliphatic rings. The predicted octanol–water partition coefficient (Wildman–Crippen LogP) is -0.0558. The molecule has 0 aromatic heterocycles. The number of rotatable bonds is 4. The molecule has 0 saturated heterocycles. The third-order valence-electron chi connectivity index (χ3n) is 0.814. The molecule has 4 nitrogen and oxygen atoms in total. The van der Waals surface area contributed by atoms with Crippen LogP contribution >= 0.6 is 0 Å². The highest BCUT2D eigenvalue weighted by Gasteiger charge is 2.02. The molecule has 0 aromatic carbocycles. The van der Waals surface area contributed by atoms with Crippen LogP contribution in [0.25, 0.3) is 0 Å². The lowest BCUT2D eigenvalue weighted by Gasteiger charge is -1.99. The Morgan fingerprint density at radius 2 is 1.82 bits per heavy atom. The van der Waals surface area contributed by atoms with Gasteiger partial charge in [0.15, 0.2) is 0 Å². The molecule has 0 amide bonds. The summed E-state index contributed by atoms with van der Waals surface area (Å²) in [5.74, 6) is 0.0625. The van der Waals surface area contributed by atoms with Gasteiger partial charge in [-0.05, 0) is 6.92 Å². The Bertz CT molecular complexity index is 153. The highest BCUT2D eigenvalue weighted by Crippen LogP contribution is 1.78. The van der Waals surface area contributed by atoms with E-state index < -0.39 is 10.0 Å². The van der Waals surface area contributed by atoms with Crippen LogP contribution in [0.5, 0.6) is 0 Å². The van der Waals surface area contributed by atoms with Crippen LogP contribution in [-0.4, -0.2) is 32.4 Å².